The summed E-state index contributed by atoms with van der Waals surface area (Å²) in [4.78, 5) is 17.0. The number of rotatable bonds is 5. The number of halogens is 2. The third kappa shape index (κ3) is 4.46. The van der Waals surface area contributed by atoms with Gasteiger partial charge in [0.1, 0.15) is 23.6 Å². The summed E-state index contributed by atoms with van der Waals surface area (Å²) in [5.74, 6) is 0.180. The van der Waals surface area contributed by atoms with Crippen molar-refractivity contribution in [1.29, 1.82) is 0 Å². The molecule has 2 aromatic carbocycles. The Balaban J connectivity index is 1.40. The maximum absolute atomic E-state index is 13.5. The second kappa shape index (κ2) is 8.86. The number of likely N-dealkylation sites (N-methyl/N-ethyl adjacent to an activating group) is 1. The van der Waals surface area contributed by atoms with Crippen LogP contribution < -0.4 is 5.32 Å². The Morgan fingerprint density at radius 2 is 1.91 bits per heavy atom. The monoisotopic (exact) mass is 450 g/mol. The second-order valence-corrected chi connectivity index (χ2v) is 8.61. The quantitative estimate of drug-likeness (QED) is 0.452. The Kier molecular flexibility index (Phi) is 5.78. The van der Waals surface area contributed by atoms with E-state index in [-0.39, 0.29) is 5.02 Å². The standard InChI is InChI=1S/C24H24ClFN6/c1-31-7-9-32(10-8-31)14-16-3-2-4-17(11-16)22-13-19-23(27-15-28-24(19)30-22)29-18-5-6-21(26)20(25)12-18/h2-6,11-13,15H,7-10,14H2,1H3,(H2,27,28,29,30). The van der Waals surface area contributed by atoms with Gasteiger partial charge < -0.3 is 15.2 Å². The first-order valence-electron chi connectivity index (χ1n) is 10.6. The molecule has 1 fully saturated rings. The molecular weight excluding hydrogens is 427 g/mol. The molecule has 0 atom stereocenters. The number of fused-ring (bicyclic) bond motifs is 1. The highest BCUT2D eigenvalue weighted by molar-refractivity contribution is 6.31. The molecule has 164 valence electrons. The molecule has 0 radical (unpaired) electrons. The maximum atomic E-state index is 13.5. The highest BCUT2D eigenvalue weighted by Gasteiger charge is 2.15. The first-order chi connectivity index (χ1) is 15.5. The third-order valence-electron chi connectivity index (χ3n) is 5.85. The highest BCUT2D eigenvalue weighted by Crippen LogP contribution is 2.30. The summed E-state index contributed by atoms with van der Waals surface area (Å²) in [5, 5.41) is 4.13. The molecule has 8 heteroatoms. The van der Waals surface area contributed by atoms with Gasteiger partial charge in [-0.15, -0.1) is 0 Å². The van der Waals surface area contributed by atoms with Gasteiger partial charge in [0.15, 0.2) is 0 Å². The van der Waals surface area contributed by atoms with Crippen molar-refractivity contribution in [2.75, 3.05) is 38.5 Å². The minimum Gasteiger partial charge on any atom is -0.340 e. The van der Waals surface area contributed by atoms with E-state index in [0.29, 0.717) is 11.5 Å². The fourth-order valence-electron chi connectivity index (χ4n) is 4.01. The molecule has 0 spiro atoms. The van der Waals surface area contributed by atoms with Crippen LogP contribution in [0.4, 0.5) is 15.9 Å². The zero-order valence-electron chi connectivity index (χ0n) is 17.8. The van der Waals surface area contributed by atoms with Crippen LogP contribution in [0.5, 0.6) is 0 Å². The Morgan fingerprint density at radius 1 is 1.06 bits per heavy atom. The summed E-state index contributed by atoms with van der Waals surface area (Å²) in [5.41, 5.74) is 4.76. The van der Waals surface area contributed by atoms with Gasteiger partial charge in [-0.05, 0) is 48.5 Å². The number of piperazine rings is 1. The van der Waals surface area contributed by atoms with Gasteiger partial charge in [0.25, 0.3) is 0 Å². The molecule has 1 aliphatic rings. The molecule has 0 aliphatic carbocycles. The predicted octanol–water partition coefficient (Wildman–Crippen LogP) is 4.91. The Morgan fingerprint density at radius 3 is 2.72 bits per heavy atom. The van der Waals surface area contributed by atoms with Crippen molar-refractivity contribution in [2.24, 2.45) is 0 Å². The normalized spacial score (nSPS) is 15.3. The van der Waals surface area contributed by atoms with E-state index in [4.69, 9.17) is 11.6 Å². The van der Waals surface area contributed by atoms with Crippen LogP contribution in [0.1, 0.15) is 5.56 Å². The van der Waals surface area contributed by atoms with E-state index in [9.17, 15) is 4.39 Å². The SMILES string of the molecule is CN1CCN(Cc2cccc(-c3cc4c(Nc5ccc(F)c(Cl)c5)ncnc4[nH]3)c2)CC1. The average Bonchev–Trinajstić information content (AvgIpc) is 3.24. The van der Waals surface area contributed by atoms with Gasteiger partial charge in [0.2, 0.25) is 0 Å². The molecule has 1 aliphatic heterocycles. The van der Waals surface area contributed by atoms with Crippen LogP contribution in [-0.4, -0.2) is 58.0 Å². The minimum absolute atomic E-state index is 0.0622. The van der Waals surface area contributed by atoms with Gasteiger partial charge in [-0.1, -0.05) is 29.8 Å². The fourth-order valence-corrected chi connectivity index (χ4v) is 4.19. The first-order valence-corrected chi connectivity index (χ1v) is 11.0. The van der Waals surface area contributed by atoms with Crippen molar-refractivity contribution in [2.45, 2.75) is 6.54 Å². The molecule has 5 rings (SSSR count). The van der Waals surface area contributed by atoms with Crippen LogP contribution in [-0.2, 0) is 6.54 Å². The summed E-state index contributed by atoms with van der Waals surface area (Å²) in [7, 11) is 2.17. The molecule has 2 aromatic heterocycles. The summed E-state index contributed by atoms with van der Waals surface area (Å²) in [6, 6.07) is 15.1. The predicted molar refractivity (Wildman–Crippen MR) is 127 cm³/mol. The molecule has 1 saturated heterocycles. The zero-order chi connectivity index (χ0) is 22.1. The number of nitrogens with zero attached hydrogens (tertiary/aromatic N) is 4. The van der Waals surface area contributed by atoms with Crippen molar-refractivity contribution in [3.05, 3.63) is 71.3 Å². The summed E-state index contributed by atoms with van der Waals surface area (Å²) >= 11 is 5.91. The van der Waals surface area contributed by atoms with Crippen molar-refractivity contribution < 1.29 is 4.39 Å². The van der Waals surface area contributed by atoms with E-state index in [1.165, 1.54) is 18.0 Å². The molecule has 6 nitrogen and oxygen atoms in total. The lowest BCUT2D eigenvalue weighted by molar-refractivity contribution is 0.148. The average molecular weight is 451 g/mol. The van der Waals surface area contributed by atoms with Crippen LogP contribution >= 0.6 is 11.6 Å². The molecule has 0 bridgehead atoms. The van der Waals surface area contributed by atoms with Crippen molar-refractivity contribution >= 4 is 34.1 Å². The maximum Gasteiger partial charge on any atom is 0.143 e. The highest BCUT2D eigenvalue weighted by atomic mass is 35.5. The van der Waals surface area contributed by atoms with Crippen LogP contribution in [0.25, 0.3) is 22.3 Å². The summed E-state index contributed by atoms with van der Waals surface area (Å²) < 4.78 is 13.5. The van der Waals surface area contributed by atoms with E-state index in [0.717, 1.165) is 55.0 Å². The van der Waals surface area contributed by atoms with Gasteiger partial charge in [-0.25, -0.2) is 14.4 Å². The van der Waals surface area contributed by atoms with Crippen molar-refractivity contribution in [1.82, 2.24) is 24.8 Å². The largest absolute Gasteiger partial charge is 0.340 e. The number of nitrogens with one attached hydrogen (secondary N) is 2. The molecule has 0 saturated carbocycles. The lowest BCUT2D eigenvalue weighted by atomic mass is 10.1. The zero-order valence-corrected chi connectivity index (χ0v) is 18.5. The van der Waals surface area contributed by atoms with Crippen molar-refractivity contribution in [3.63, 3.8) is 0 Å². The van der Waals surface area contributed by atoms with E-state index in [1.54, 1.807) is 12.1 Å². The fraction of sp³-hybridized carbons (Fsp3) is 0.250. The minimum atomic E-state index is -0.453. The Labute approximate surface area is 191 Å². The molecular formula is C24H24ClFN6. The molecule has 0 unspecified atom stereocenters. The smallest absolute Gasteiger partial charge is 0.143 e. The number of anilines is 2. The van der Waals surface area contributed by atoms with Gasteiger partial charge in [0.05, 0.1) is 10.4 Å². The van der Waals surface area contributed by atoms with Gasteiger partial charge in [-0.2, -0.15) is 0 Å². The first kappa shape index (κ1) is 20.9. The van der Waals surface area contributed by atoms with E-state index < -0.39 is 5.82 Å². The lowest BCUT2D eigenvalue weighted by Gasteiger charge is -2.32. The second-order valence-electron chi connectivity index (χ2n) is 8.20. The molecule has 2 N–H and O–H groups in total. The number of hydrogen-bond donors (Lipinski definition) is 2. The number of H-pyrrole nitrogens is 1. The lowest BCUT2D eigenvalue weighted by Crippen LogP contribution is -2.43. The van der Waals surface area contributed by atoms with Gasteiger partial charge >= 0.3 is 0 Å². The molecule has 4 aromatic rings. The van der Waals surface area contributed by atoms with Crippen LogP contribution in [0.15, 0.2) is 54.9 Å². The molecule has 32 heavy (non-hydrogen) atoms. The van der Waals surface area contributed by atoms with Crippen molar-refractivity contribution in [3.8, 4) is 11.3 Å². The third-order valence-corrected chi connectivity index (χ3v) is 6.14. The van der Waals surface area contributed by atoms with Gasteiger partial charge in [0, 0.05) is 44.1 Å². The topological polar surface area (TPSA) is 60.1 Å². The summed E-state index contributed by atoms with van der Waals surface area (Å²) in [6.45, 7) is 5.33. The summed E-state index contributed by atoms with van der Waals surface area (Å²) in [6.07, 6.45) is 1.50. The van der Waals surface area contributed by atoms with Gasteiger partial charge in [-0.3, -0.25) is 4.90 Å². The Hall–Kier alpha value is -3.00. The number of aromatic nitrogens is 3. The number of benzene rings is 2. The Bertz CT molecular complexity index is 1250. The molecule has 0 amide bonds. The molecule has 3 heterocycles. The van der Waals surface area contributed by atoms with Crippen LogP contribution in [0, 0.1) is 5.82 Å². The van der Waals surface area contributed by atoms with E-state index in [2.05, 4.69) is 61.4 Å². The number of hydrogen-bond acceptors (Lipinski definition) is 5. The van der Waals surface area contributed by atoms with E-state index in [1.807, 2.05) is 6.07 Å². The van der Waals surface area contributed by atoms with E-state index >= 15 is 0 Å². The van der Waals surface area contributed by atoms with Crippen LogP contribution in [0.2, 0.25) is 5.02 Å². The number of aromatic amines is 1. The van der Waals surface area contributed by atoms with Crippen LogP contribution in [0.3, 0.4) is 0 Å².